The van der Waals surface area contributed by atoms with Crippen LogP contribution in [0.15, 0.2) is 53.4 Å². The number of amides is 2. The quantitative estimate of drug-likeness (QED) is 0.468. The molecule has 0 heterocycles. The molecule has 0 spiro atoms. The molecule has 0 saturated heterocycles. The number of carbonyl (C=O) groups excluding carboxylic acids is 2. The lowest BCUT2D eigenvalue weighted by Crippen LogP contribution is -2.51. The van der Waals surface area contributed by atoms with E-state index in [2.05, 4.69) is 5.32 Å². The van der Waals surface area contributed by atoms with E-state index in [0.29, 0.717) is 18.0 Å². The number of methoxy groups -OCH3 is 1. The van der Waals surface area contributed by atoms with Crippen LogP contribution in [0.5, 0.6) is 5.75 Å². The topological polar surface area (TPSA) is 58.6 Å². The zero-order chi connectivity index (χ0) is 22.8. The van der Waals surface area contributed by atoms with Gasteiger partial charge < -0.3 is 15.0 Å². The lowest BCUT2D eigenvalue weighted by Gasteiger charge is -2.31. The number of rotatable bonds is 11. The summed E-state index contributed by atoms with van der Waals surface area (Å²) in [7, 11) is 1.62. The number of thioether (sulfide) groups is 1. The van der Waals surface area contributed by atoms with Crippen molar-refractivity contribution >= 4 is 35.2 Å². The summed E-state index contributed by atoms with van der Waals surface area (Å²) < 4.78 is 5.22. The molecule has 2 unspecified atom stereocenters. The van der Waals surface area contributed by atoms with E-state index in [1.807, 2.05) is 57.2 Å². The Morgan fingerprint density at radius 1 is 1.06 bits per heavy atom. The standard InChI is InChI=1S/C24H31ClN2O3S/c1-5-17(3)26-24(29)22(6-2)27(15-18-7-11-20(30-4)12-8-18)23(28)16-31-21-13-9-19(25)10-14-21/h7-14,17,22H,5-6,15-16H2,1-4H3,(H,26,29). The minimum Gasteiger partial charge on any atom is -0.497 e. The molecule has 0 bridgehead atoms. The number of benzene rings is 2. The van der Waals surface area contributed by atoms with Gasteiger partial charge in [0.05, 0.1) is 12.9 Å². The maximum atomic E-state index is 13.2. The van der Waals surface area contributed by atoms with Crippen LogP contribution >= 0.6 is 23.4 Å². The molecule has 2 aromatic rings. The summed E-state index contributed by atoms with van der Waals surface area (Å²) in [6.45, 7) is 6.28. The molecule has 0 aromatic heterocycles. The molecule has 5 nitrogen and oxygen atoms in total. The van der Waals surface area contributed by atoms with Gasteiger partial charge >= 0.3 is 0 Å². The lowest BCUT2D eigenvalue weighted by atomic mass is 10.1. The number of nitrogens with zero attached hydrogens (tertiary/aromatic N) is 1. The molecule has 0 saturated carbocycles. The highest BCUT2D eigenvalue weighted by molar-refractivity contribution is 8.00. The highest BCUT2D eigenvalue weighted by Gasteiger charge is 2.29. The summed E-state index contributed by atoms with van der Waals surface area (Å²) >= 11 is 7.39. The highest BCUT2D eigenvalue weighted by atomic mass is 35.5. The molecule has 168 valence electrons. The van der Waals surface area contributed by atoms with Crippen molar-refractivity contribution in [3.05, 3.63) is 59.1 Å². The Kier molecular flexibility index (Phi) is 10.2. The second-order valence-corrected chi connectivity index (χ2v) is 8.84. The summed E-state index contributed by atoms with van der Waals surface area (Å²) in [6, 6.07) is 14.5. The maximum Gasteiger partial charge on any atom is 0.243 e. The Morgan fingerprint density at radius 3 is 2.26 bits per heavy atom. The van der Waals surface area contributed by atoms with Gasteiger partial charge in [0.15, 0.2) is 0 Å². The zero-order valence-corrected chi connectivity index (χ0v) is 20.1. The van der Waals surface area contributed by atoms with Gasteiger partial charge in [-0.3, -0.25) is 9.59 Å². The third-order valence-corrected chi connectivity index (χ3v) is 6.32. The third kappa shape index (κ3) is 7.78. The van der Waals surface area contributed by atoms with Gasteiger partial charge in [-0.15, -0.1) is 11.8 Å². The van der Waals surface area contributed by atoms with Gasteiger partial charge in [-0.1, -0.05) is 37.6 Å². The summed E-state index contributed by atoms with van der Waals surface area (Å²) in [5, 5.41) is 3.68. The van der Waals surface area contributed by atoms with Gasteiger partial charge in [0, 0.05) is 22.5 Å². The summed E-state index contributed by atoms with van der Waals surface area (Å²) in [4.78, 5) is 28.8. The molecule has 0 aliphatic rings. The van der Waals surface area contributed by atoms with Crippen LogP contribution in [0.2, 0.25) is 5.02 Å². The van der Waals surface area contributed by atoms with Crippen LogP contribution in [0.3, 0.4) is 0 Å². The van der Waals surface area contributed by atoms with Crippen LogP contribution in [-0.4, -0.2) is 41.7 Å². The van der Waals surface area contributed by atoms with Crippen LogP contribution in [0.4, 0.5) is 0 Å². The minimum atomic E-state index is -0.533. The smallest absolute Gasteiger partial charge is 0.243 e. The van der Waals surface area contributed by atoms with Crippen molar-refractivity contribution in [3.8, 4) is 5.75 Å². The number of hydrogen-bond donors (Lipinski definition) is 1. The number of ether oxygens (including phenoxy) is 1. The Morgan fingerprint density at radius 2 is 1.71 bits per heavy atom. The van der Waals surface area contributed by atoms with E-state index in [0.717, 1.165) is 22.6 Å². The summed E-state index contributed by atoms with van der Waals surface area (Å²) in [5.41, 5.74) is 0.945. The zero-order valence-electron chi connectivity index (χ0n) is 18.6. The van der Waals surface area contributed by atoms with E-state index in [9.17, 15) is 9.59 Å². The van der Waals surface area contributed by atoms with Crippen LogP contribution in [-0.2, 0) is 16.1 Å². The average Bonchev–Trinajstić information content (AvgIpc) is 2.78. The molecule has 1 N–H and O–H groups in total. The first-order valence-corrected chi connectivity index (χ1v) is 11.8. The highest BCUT2D eigenvalue weighted by Crippen LogP contribution is 2.23. The van der Waals surface area contributed by atoms with Gasteiger partial charge in [-0.2, -0.15) is 0 Å². The van der Waals surface area contributed by atoms with Gasteiger partial charge in [0.1, 0.15) is 11.8 Å². The molecule has 0 radical (unpaired) electrons. The number of halogens is 1. The van der Waals surface area contributed by atoms with E-state index in [-0.39, 0.29) is 23.6 Å². The maximum absolute atomic E-state index is 13.2. The monoisotopic (exact) mass is 462 g/mol. The summed E-state index contributed by atoms with van der Waals surface area (Å²) in [5.74, 6) is 0.795. The van der Waals surface area contributed by atoms with E-state index < -0.39 is 6.04 Å². The first-order valence-electron chi connectivity index (χ1n) is 10.5. The Balaban J connectivity index is 2.20. The van der Waals surface area contributed by atoms with Crippen LogP contribution < -0.4 is 10.1 Å². The van der Waals surface area contributed by atoms with E-state index in [1.165, 1.54) is 11.8 Å². The molecule has 2 atom stereocenters. The molecule has 2 rings (SSSR count). The Bertz CT molecular complexity index is 843. The van der Waals surface area contributed by atoms with Gasteiger partial charge in [-0.25, -0.2) is 0 Å². The molecule has 2 aromatic carbocycles. The van der Waals surface area contributed by atoms with Crippen molar-refractivity contribution in [2.45, 2.75) is 57.1 Å². The number of carbonyl (C=O) groups is 2. The predicted octanol–water partition coefficient (Wildman–Crippen LogP) is 5.16. The molecule has 2 amide bonds. The van der Waals surface area contributed by atoms with Crippen molar-refractivity contribution in [1.29, 1.82) is 0 Å². The first kappa shape index (κ1) is 25.1. The van der Waals surface area contributed by atoms with Crippen molar-refractivity contribution < 1.29 is 14.3 Å². The number of hydrogen-bond acceptors (Lipinski definition) is 4. The van der Waals surface area contributed by atoms with Crippen molar-refractivity contribution in [2.24, 2.45) is 0 Å². The molecule has 7 heteroatoms. The first-order chi connectivity index (χ1) is 14.9. The SMILES string of the molecule is CCC(C)NC(=O)C(CC)N(Cc1ccc(OC)cc1)C(=O)CSc1ccc(Cl)cc1. The van der Waals surface area contributed by atoms with Gasteiger partial charge in [0.2, 0.25) is 11.8 Å². The fraction of sp³-hybridized carbons (Fsp3) is 0.417. The molecule has 0 aliphatic carbocycles. The van der Waals surface area contributed by atoms with Crippen LogP contribution in [0, 0.1) is 0 Å². The fourth-order valence-electron chi connectivity index (χ4n) is 3.05. The second kappa shape index (κ2) is 12.6. The Labute approximate surface area is 194 Å². The lowest BCUT2D eigenvalue weighted by molar-refractivity contribution is -0.139. The van der Waals surface area contributed by atoms with Crippen LogP contribution in [0.1, 0.15) is 39.2 Å². The van der Waals surface area contributed by atoms with E-state index >= 15 is 0 Å². The normalized spacial score (nSPS) is 12.7. The molecular weight excluding hydrogens is 432 g/mol. The predicted molar refractivity (Wildman–Crippen MR) is 128 cm³/mol. The fourth-order valence-corrected chi connectivity index (χ4v) is 3.96. The second-order valence-electron chi connectivity index (χ2n) is 7.35. The average molecular weight is 463 g/mol. The molecule has 0 fully saturated rings. The number of nitrogens with one attached hydrogen (secondary N) is 1. The van der Waals surface area contributed by atoms with Crippen LogP contribution in [0.25, 0.3) is 0 Å². The minimum absolute atomic E-state index is 0.0583. The van der Waals surface area contributed by atoms with Crippen molar-refractivity contribution in [1.82, 2.24) is 10.2 Å². The molecule has 0 aliphatic heterocycles. The van der Waals surface area contributed by atoms with E-state index in [4.69, 9.17) is 16.3 Å². The van der Waals surface area contributed by atoms with Gasteiger partial charge in [0.25, 0.3) is 0 Å². The van der Waals surface area contributed by atoms with Gasteiger partial charge in [-0.05, 0) is 61.7 Å². The van der Waals surface area contributed by atoms with E-state index in [1.54, 1.807) is 24.1 Å². The van der Waals surface area contributed by atoms with Crippen molar-refractivity contribution in [3.63, 3.8) is 0 Å². The molecular formula is C24H31ClN2O3S. The molecule has 31 heavy (non-hydrogen) atoms. The van der Waals surface area contributed by atoms with Crippen molar-refractivity contribution in [2.75, 3.05) is 12.9 Å². The Hall–Kier alpha value is -2.18. The largest absolute Gasteiger partial charge is 0.497 e. The summed E-state index contributed by atoms with van der Waals surface area (Å²) in [6.07, 6.45) is 1.37. The third-order valence-electron chi connectivity index (χ3n) is 5.07.